The van der Waals surface area contributed by atoms with E-state index in [-0.39, 0.29) is 0 Å². The van der Waals surface area contributed by atoms with E-state index in [1.807, 2.05) is 30.5 Å². The van der Waals surface area contributed by atoms with Gasteiger partial charge in [0.15, 0.2) is 0 Å². The summed E-state index contributed by atoms with van der Waals surface area (Å²) in [7, 11) is 1.46. The molecule has 0 bridgehead atoms. The molecule has 0 aliphatic heterocycles. The van der Waals surface area contributed by atoms with E-state index < -0.39 is 0 Å². The maximum absolute atomic E-state index is 5.84. The van der Waals surface area contributed by atoms with E-state index >= 15 is 0 Å². The first kappa shape index (κ1) is 14.1. The average Bonchev–Trinajstić information content (AvgIpc) is 2.47. The first-order valence-corrected chi connectivity index (χ1v) is 7.05. The highest BCUT2D eigenvalue weighted by atomic mass is 32.2. The van der Waals surface area contributed by atoms with Gasteiger partial charge in [0.2, 0.25) is 0 Å². The lowest BCUT2D eigenvalue weighted by Gasteiger charge is -2.12. The predicted molar refractivity (Wildman–Crippen MR) is 82.6 cm³/mol. The van der Waals surface area contributed by atoms with Gasteiger partial charge in [-0.1, -0.05) is 17.3 Å². The Morgan fingerprint density at radius 2 is 2.15 bits per heavy atom. The van der Waals surface area contributed by atoms with Crippen LogP contribution in [0.5, 0.6) is 0 Å². The minimum absolute atomic E-state index is 0.338. The Bertz CT molecular complexity index is 617. The van der Waals surface area contributed by atoms with Crippen molar-refractivity contribution in [3.8, 4) is 0 Å². The first-order valence-electron chi connectivity index (χ1n) is 5.83. The van der Waals surface area contributed by atoms with Gasteiger partial charge in [-0.2, -0.15) is 0 Å². The Balaban J connectivity index is 2.38. The van der Waals surface area contributed by atoms with Crippen LogP contribution in [0.3, 0.4) is 0 Å². The Labute approximate surface area is 121 Å². The zero-order valence-electron chi connectivity index (χ0n) is 11.2. The molecule has 20 heavy (non-hydrogen) atoms. The zero-order chi connectivity index (χ0) is 14.4. The second kappa shape index (κ2) is 6.76. The molecule has 0 fully saturated rings. The smallest absolute Gasteiger partial charge is 0.144 e. The van der Waals surface area contributed by atoms with Gasteiger partial charge in [0.1, 0.15) is 25.1 Å². The van der Waals surface area contributed by atoms with Crippen molar-refractivity contribution >= 4 is 35.3 Å². The van der Waals surface area contributed by atoms with Crippen molar-refractivity contribution in [3.63, 3.8) is 0 Å². The number of nitrogens with two attached hydrogens (primary N) is 1. The van der Waals surface area contributed by atoms with E-state index in [0.29, 0.717) is 17.2 Å². The normalized spacial score (nSPS) is 10.7. The number of nitrogens with one attached hydrogen (secondary N) is 1. The standard InChI is InChI=1S/C13H15N5OS/c1-19-17-7-9-12(14)15-8-16-13(9)18-10-5-3-4-6-11(10)20-2/h3-8H,1-2H3,(H3,14,15,16,18). The summed E-state index contributed by atoms with van der Waals surface area (Å²) >= 11 is 1.65. The Morgan fingerprint density at radius 1 is 1.35 bits per heavy atom. The molecular formula is C13H15N5OS. The number of hydrogen-bond donors (Lipinski definition) is 2. The summed E-state index contributed by atoms with van der Waals surface area (Å²) in [6.07, 6.45) is 4.91. The number of nitrogen functional groups attached to an aromatic ring is 1. The summed E-state index contributed by atoms with van der Waals surface area (Å²) in [6, 6.07) is 7.94. The van der Waals surface area contributed by atoms with Crippen LogP contribution in [0.2, 0.25) is 0 Å². The minimum atomic E-state index is 0.338. The van der Waals surface area contributed by atoms with Gasteiger partial charge in [0.25, 0.3) is 0 Å². The Morgan fingerprint density at radius 3 is 2.90 bits per heavy atom. The second-order valence-corrected chi connectivity index (χ2v) is 4.61. The van der Waals surface area contributed by atoms with Crippen molar-refractivity contribution in [1.82, 2.24) is 9.97 Å². The van der Waals surface area contributed by atoms with E-state index in [0.717, 1.165) is 10.6 Å². The van der Waals surface area contributed by atoms with Crippen LogP contribution in [-0.2, 0) is 4.84 Å². The highest BCUT2D eigenvalue weighted by Crippen LogP contribution is 2.28. The lowest BCUT2D eigenvalue weighted by molar-refractivity contribution is 0.215. The molecule has 7 heteroatoms. The zero-order valence-corrected chi connectivity index (χ0v) is 12.0. The van der Waals surface area contributed by atoms with Crippen LogP contribution in [0.15, 0.2) is 40.6 Å². The van der Waals surface area contributed by atoms with Crippen molar-refractivity contribution in [2.24, 2.45) is 5.16 Å². The predicted octanol–water partition coefficient (Wildman–Crippen LogP) is 2.50. The number of hydrogen-bond acceptors (Lipinski definition) is 7. The average molecular weight is 289 g/mol. The number of anilines is 3. The maximum Gasteiger partial charge on any atom is 0.144 e. The maximum atomic E-state index is 5.84. The van der Waals surface area contributed by atoms with E-state index in [9.17, 15) is 0 Å². The number of rotatable bonds is 5. The van der Waals surface area contributed by atoms with Gasteiger partial charge >= 0.3 is 0 Å². The summed E-state index contributed by atoms with van der Waals surface area (Å²) in [5, 5.41) is 6.96. The molecule has 0 spiro atoms. The summed E-state index contributed by atoms with van der Waals surface area (Å²) < 4.78 is 0. The van der Waals surface area contributed by atoms with Crippen LogP contribution >= 0.6 is 11.8 Å². The molecule has 0 atom stereocenters. The lowest BCUT2D eigenvalue weighted by Crippen LogP contribution is -2.05. The van der Waals surface area contributed by atoms with Crippen LogP contribution in [-0.4, -0.2) is 29.5 Å². The highest BCUT2D eigenvalue weighted by Gasteiger charge is 2.09. The van der Waals surface area contributed by atoms with Gasteiger partial charge in [-0.15, -0.1) is 11.8 Å². The molecule has 104 valence electrons. The monoisotopic (exact) mass is 289 g/mol. The molecule has 0 radical (unpaired) electrons. The molecule has 6 nitrogen and oxygen atoms in total. The Kier molecular flexibility index (Phi) is 4.78. The van der Waals surface area contributed by atoms with Gasteiger partial charge in [0.05, 0.1) is 17.5 Å². The van der Waals surface area contributed by atoms with Crippen LogP contribution in [0.1, 0.15) is 5.56 Å². The number of nitrogens with zero attached hydrogens (tertiary/aromatic N) is 3. The third kappa shape index (κ3) is 3.18. The molecule has 3 N–H and O–H groups in total. The molecule has 2 aromatic rings. The molecule has 1 heterocycles. The number of benzene rings is 1. The quantitative estimate of drug-likeness (QED) is 0.500. The third-order valence-electron chi connectivity index (χ3n) is 2.56. The molecule has 1 aromatic carbocycles. The summed E-state index contributed by atoms with van der Waals surface area (Å²) in [6.45, 7) is 0. The van der Waals surface area contributed by atoms with Crippen LogP contribution < -0.4 is 11.1 Å². The van der Waals surface area contributed by atoms with Crippen LogP contribution in [0.4, 0.5) is 17.3 Å². The van der Waals surface area contributed by atoms with E-state index in [2.05, 4.69) is 25.3 Å². The van der Waals surface area contributed by atoms with Gasteiger partial charge in [-0.05, 0) is 18.4 Å². The fraction of sp³-hybridized carbons (Fsp3) is 0.154. The molecule has 0 saturated heterocycles. The number of thioether (sulfide) groups is 1. The number of oxime groups is 1. The summed E-state index contributed by atoms with van der Waals surface area (Å²) in [5.74, 6) is 0.921. The van der Waals surface area contributed by atoms with Crippen LogP contribution in [0.25, 0.3) is 0 Å². The number of para-hydroxylation sites is 1. The first-order chi connectivity index (χ1) is 9.76. The molecule has 0 aliphatic rings. The molecule has 0 saturated carbocycles. The SMILES string of the molecule is CON=Cc1c(N)ncnc1Nc1ccccc1SC. The van der Waals surface area contributed by atoms with Crippen LogP contribution in [0, 0.1) is 0 Å². The number of aromatic nitrogens is 2. The van der Waals surface area contributed by atoms with Crippen molar-refractivity contribution in [3.05, 3.63) is 36.2 Å². The molecule has 1 aromatic heterocycles. The largest absolute Gasteiger partial charge is 0.399 e. The van der Waals surface area contributed by atoms with Crippen molar-refractivity contribution in [2.75, 3.05) is 24.4 Å². The van der Waals surface area contributed by atoms with Gasteiger partial charge in [-0.25, -0.2) is 9.97 Å². The topological polar surface area (TPSA) is 85.4 Å². The molecule has 0 aliphatic carbocycles. The molecular weight excluding hydrogens is 274 g/mol. The van der Waals surface area contributed by atoms with Crippen molar-refractivity contribution in [1.29, 1.82) is 0 Å². The van der Waals surface area contributed by atoms with Gasteiger partial charge < -0.3 is 15.9 Å². The Hall–Kier alpha value is -2.28. The summed E-state index contributed by atoms with van der Waals surface area (Å²) in [4.78, 5) is 13.9. The van der Waals surface area contributed by atoms with Crippen molar-refractivity contribution < 1.29 is 4.84 Å². The van der Waals surface area contributed by atoms with E-state index in [1.165, 1.54) is 19.7 Å². The van der Waals surface area contributed by atoms with E-state index in [1.54, 1.807) is 11.8 Å². The molecule has 0 unspecified atom stereocenters. The van der Waals surface area contributed by atoms with Gasteiger partial charge in [-0.3, -0.25) is 0 Å². The minimum Gasteiger partial charge on any atom is -0.399 e. The fourth-order valence-electron chi connectivity index (χ4n) is 1.62. The molecule has 0 amide bonds. The molecule has 2 rings (SSSR count). The van der Waals surface area contributed by atoms with Gasteiger partial charge in [0, 0.05) is 4.90 Å². The third-order valence-corrected chi connectivity index (χ3v) is 3.36. The highest BCUT2D eigenvalue weighted by molar-refractivity contribution is 7.98. The lowest BCUT2D eigenvalue weighted by atomic mass is 10.2. The van der Waals surface area contributed by atoms with Crippen molar-refractivity contribution in [2.45, 2.75) is 4.90 Å². The summed E-state index contributed by atoms with van der Waals surface area (Å²) in [5.41, 5.74) is 7.38. The second-order valence-electron chi connectivity index (χ2n) is 3.76. The van der Waals surface area contributed by atoms with E-state index in [4.69, 9.17) is 5.73 Å². The fourth-order valence-corrected chi connectivity index (χ4v) is 2.17.